The molecule has 0 heterocycles. The molecule has 0 aromatic heterocycles. The van der Waals surface area contributed by atoms with Crippen molar-refractivity contribution in [2.24, 2.45) is 0 Å². The summed E-state index contributed by atoms with van der Waals surface area (Å²) in [5.74, 6) is -0.00449. The number of hydrogen-bond acceptors (Lipinski definition) is 2. The molecule has 0 atom stereocenters. The molecule has 0 fully saturated rings. The molecule has 0 aliphatic carbocycles. The first-order valence-corrected chi connectivity index (χ1v) is 9.47. The molecule has 0 saturated heterocycles. The molecule has 0 saturated carbocycles. The maximum absolute atomic E-state index is 13.2. The molecule has 8 heteroatoms. The number of rotatable bonds is 4. The number of ether oxygens (including phenoxy) is 1. The quantitative estimate of drug-likeness (QED) is 0.404. The molecule has 0 radical (unpaired) electrons. The van der Waals surface area contributed by atoms with Crippen LogP contribution in [0.3, 0.4) is 0 Å². The van der Waals surface area contributed by atoms with Crippen LogP contribution < -0.4 is 4.74 Å². The Morgan fingerprint density at radius 2 is 1.64 bits per heavy atom. The van der Waals surface area contributed by atoms with E-state index in [-0.39, 0.29) is 29.2 Å². The van der Waals surface area contributed by atoms with Crippen LogP contribution in [-0.2, 0) is 12.8 Å². The van der Waals surface area contributed by atoms with E-state index < -0.39 is 16.8 Å². The molecule has 3 aromatic rings. The van der Waals surface area contributed by atoms with Crippen molar-refractivity contribution in [3.8, 4) is 22.6 Å². The van der Waals surface area contributed by atoms with E-state index in [1.54, 1.807) is 36.4 Å². The van der Waals surface area contributed by atoms with Gasteiger partial charge in [0, 0.05) is 5.02 Å². The number of phenols is 1. The van der Waals surface area contributed by atoms with Gasteiger partial charge in [0.05, 0.1) is 20.6 Å². The number of phenolic OH excluding ortho intramolecular Hbond substituents is 1. The molecule has 2 nitrogen and oxygen atoms in total. The third-order valence-corrected chi connectivity index (χ3v) is 5.18. The van der Waals surface area contributed by atoms with E-state index in [2.05, 4.69) is 15.9 Å². The zero-order valence-electron chi connectivity index (χ0n) is 14.0. The summed E-state index contributed by atoms with van der Waals surface area (Å²) >= 11 is 14.7. The van der Waals surface area contributed by atoms with Crippen LogP contribution in [0.15, 0.2) is 59.1 Å². The molecular weight excluding hydrogens is 480 g/mol. The molecule has 0 aliphatic heterocycles. The lowest BCUT2D eigenvalue weighted by atomic mass is 10.0. The van der Waals surface area contributed by atoms with Gasteiger partial charge in [-0.25, -0.2) is 0 Å². The van der Waals surface area contributed by atoms with Crippen molar-refractivity contribution >= 4 is 39.1 Å². The first-order valence-electron chi connectivity index (χ1n) is 7.92. The standard InChI is InChI=1S/C20H12BrCl2F3O2/c21-15-6-8-17(28-10-11-1-4-13(22)5-2-11)18(19(15)27)12-3-7-16(23)14(9-12)20(24,25)26/h1-9,27H,10H2. The molecule has 0 aliphatic rings. The van der Waals surface area contributed by atoms with Crippen molar-refractivity contribution in [1.82, 2.24) is 0 Å². The molecule has 0 amide bonds. The normalized spacial score (nSPS) is 11.5. The molecule has 1 N–H and O–H groups in total. The van der Waals surface area contributed by atoms with Crippen molar-refractivity contribution in [2.45, 2.75) is 12.8 Å². The summed E-state index contributed by atoms with van der Waals surface area (Å²) in [5, 5.41) is 10.6. The molecule has 3 rings (SSSR count). The van der Waals surface area contributed by atoms with Crippen LogP contribution in [0.2, 0.25) is 10.0 Å². The average molecular weight is 492 g/mol. The summed E-state index contributed by atoms with van der Waals surface area (Å²) in [6, 6.07) is 13.5. The molecule has 0 spiro atoms. The van der Waals surface area contributed by atoms with Crippen LogP contribution in [0.25, 0.3) is 11.1 Å². The molecule has 3 aromatic carbocycles. The summed E-state index contributed by atoms with van der Waals surface area (Å²) in [4.78, 5) is 0. The minimum Gasteiger partial charge on any atom is -0.506 e. The third-order valence-electron chi connectivity index (χ3n) is 3.96. The predicted molar refractivity (Wildman–Crippen MR) is 107 cm³/mol. The number of alkyl halides is 3. The minimum absolute atomic E-state index is 0.127. The molecule has 0 bridgehead atoms. The van der Waals surface area contributed by atoms with Crippen LogP contribution >= 0.6 is 39.1 Å². The van der Waals surface area contributed by atoms with Crippen LogP contribution in [0, 0.1) is 0 Å². The zero-order chi connectivity index (χ0) is 20.5. The molecule has 0 unspecified atom stereocenters. The van der Waals surface area contributed by atoms with E-state index in [1.807, 2.05) is 0 Å². The monoisotopic (exact) mass is 490 g/mol. The largest absolute Gasteiger partial charge is 0.506 e. The second kappa shape index (κ2) is 8.23. The maximum Gasteiger partial charge on any atom is 0.417 e. The Bertz CT molecular complexity index is 1010. The SMILES string of the molecule is Oc1c(Br)ccc(OCc2ccc(Cl)cc2)c1-c1ccc(Cl)c(C(F)(F)F)c1. The van der Waals surface area contributed by atoms with Gasteiger partial charge < -0.3 is 9.84 Å². The first-order chi connectivity index (χ1) is 13.2. The highest BCUT2D eigenvalue weighted by molar-refractivity contribution is 9.10. The lowest BCUT2D eigenvalue weighted by molar-refractivity contribution is -0.137. The first kappa shape index (κ1) is 20.8. The van der Waals surface area contributed by atoms with Gasteiger partial charge in [-0.15, -0.1) is 0 Å². The van der Waals surface area contributed by atoms with Crippen molar-refractivity contribution < 1.29 is 23.0 Å². The highest BCUT2D eigenvalue weighted by Crippen LogP contribution is 2.45. The van der Waals surface area contributed by atoms with Gasteiger partial charge in [0.2, 0.25) is 0 Å². The predicted octanol–water partition coefficient (Wildman–Crippen LogP) is 7.73. The highest BCUT2D eigenvalue weighted by Gasteiger charge is 2.34. The summed E-state index contributed by atoms with van der Waals surface area (Å²) < 4.78 is 45.8. The van der Waals surface area contributed by atoms with Crippen LogP contribution in [0.1, 0.15) is 11.1 Å². The fourth-order valence-corrected chi connectivity index (χ4v) is 3.27. The third kappa shape index (κ3) is 4.57. The van der Waals surface area contributed by atoms with Crippen LogP contribution in [-0.4, -0.2) is 5.11 Å². The molecule has 28 heavy (non-hydrogen) atoms. The Morgan fingerprint density at radius 3 is 2.29 bits per heavy atom. The highest BCUT2D eigenvalue weighted by atomic mass is 79.9. The maximum atomic E-state index is 13.2. The summed E-state index contributed by atoms with van der Waals surface area (Å²) in [7, 11) is 0. The van der Waals surface area contributed by atoms with Crippen LogP contribution in [0.5, 0.6) is 11.5 Å². The Balaban J connectivity index is 2.03. The molecule has 146 valence electrons. The lowest BCUT2D eigenvalue weighted by Gasteiger charge is -2.16. The van der Waals surface area contributed by atoms with E-state index in [0.29, 0.717) is 9.50 Å². The number of benzene rings is 3. The van der Waals surface area contributed by atoms with Gasteiger partial charge in [-0.05, 0) is 63.5 Å². The average Bonchev–Trinajstić information content (AvgIpc) is 2.64. The van der Waals surface area contributed by atoms with E-state index in [4.69, 9.17) is 27.9 Å². The fourth-order valence-electron chi connectivity index (χ4n) is 2.59. The van der Waals surface area contributed by atoms with Gasteiger partial charge in [0.25, 0.3) is 0 Å². The Morgan fingerprint density at radius 1 is 0.964 bits per heavy atom. The lowest BCUT2D eigenvalue weighted by Crippen LogP contribution is -2.06. The Labute approximate surface area is 177 Å². The second-order valence-electron chi connectivity index (χ2n) is 5.88. The van der Waals surface area contributed by atoms with E-state index >= 15 is 0 Å². The van der Waals surface area contributed by atoms with E-state index in [1.165, 1.54) is 6.07 Å². The van der Waals surface area contributed by atoms with Crippen molar-refractivity contribution in [3.63, 3.8) is 0 Å². The minimum atomic E-state index is -4.63. The van der Waals surface area contributed by atoms with Crippen molar-refractivity contribution in [1.29, 1.82) is 0 Å². The molecular formula is C20H12BrCl2F3O2. The van der Waals surface area contributed by atoms with Gasteiger partial charge in [0.15, 0.2) is 0 Å². The summed E-state index contributed by atoms with van der Waals surface area (Å²) in [5.41, 5.74) is 0.0756. The van der Waals surface area contributed by atoms with Crippen molar-refractivity contribution in [2.75, 3.05) is 0 Å². The fraction of sp³-hybridized carbons (Fsp3) is 0.100. The van der Waals surface area contributed by atoms with E-state index in [9.17, 15) is 18.3 Å². The Kier molecular flexibility index (Phi) is 6.12. The van der Waals surface area contributed by atoms with Gasteiger partial charge in [-0.1, -0.05) is 41.4 Å². The second-order valence-corrected chi connectivity index (χ2v) is 7.57. The van der Waals surface area contributed by atoms with Gasteiger partial charge in [-0.2, -0.15) is 13.2 Å². The number of aromatic hydroxyl groups is 1. The summed E-state index contributed by atoms with van der Waals surface area (Å²) in [6.45, 7) is 0.144. The van der Waals surface area contributed by atoms with E-state index in [0.717, 1.165) is 17.7 Å². The van der Waals surface area contributed by atoms with Gasteiger partial charge in [-0.3, -0.25) is 0 Å². The zero-order valence-corrected chi connectivity index (χ0v) is 17.1. The van der Waals surface area contributed by atoms with Gasteiger partial charge >= 0.3 is 6.18 Å². The topological polar surface area (TPSA) is 29.5 Å². The van der Waals surface area contributed by atoms with Crippen molar-refractivity contribution in [3.05, 3.63) is 80.2 Å². The van der Waals surface area contributed by atoms with Crippen LogP contribution in [0.4, 0.5) is 13.2 Å². The number of halogens is 6. The summed E-state index contributed by atoms with van der Waals surface area (Å²) in [6.07, 6.45) is -4.63. The van der Waals surface area contributed by atoms with Gasteiger partial charge in [0.1, 0.15) is 18.1 Å². The smallest absolute Gasteiger partial charge is 0.417 e. The Hall–Kier alpha value is -1.89. The number of hydrogen-bond donors (Lipinski definition) is 1.